The lowest BCUT2D eigenvalue weighted by Crippen LogP contribution is -2.39. The summed E-state index contributed by atoms with van der Waals surface area (Å²) in [5.41, 5.74) is 2.50. The van der Waals surface area contributed by atoms with E-state index in [0.29, 0.717) is 0 Å². The molecule has 32 heavy (non-hydrogen) atoms. The van der Waals surface area contributed by atoms with Gasteiger partial charge in [-0.1, -0.05) is 121 Å². The Morgan fingerprint density at radius 3 is 1.47 bits per heavy atom. The second kappa shape index (κ2) is 9.28. The Kier molecular flexibility index (Phi) is 6.08. The van der Waals surface area contributed by atoms with Crippen molar-refractivity contribution in [1.29, 1.82) is 0 Å². The Morgan fingerprint density at radius 1 is 0.625 bits per heavy atom. The Labute approximate surface area is 190 Å². The molecule has 0 aliphatic carbocycles. The maximum Gasteiger partial charge on any atom is 0.159 e. The van der Waals surface area contributed by atoms with Crippen LogP contribution in [0.3, 0.4) is 0 Å². The van der Waals surface area contributed by atoms with E-state index in [0.717, 1.165) is 30.0 Å². The molecule has 1 saturated heterocycles. The molecule has 1 atom stereocenters. The van der Waals surface area contributed by atoms with Gasteiger partial charge in [-0.05, 0) is 30.5 Å². The van der Waals surface area contributed by atoms with Crippen LogP contribution in [0, 0.1) is 0 Å². The van der Waals surface area contributed by atoms with Gasteiger partial charge in [0.15, 0.2) is 7.14 Å². The van der Waals surface area contributed by atoms with Crippen LogP contribution in [0.5, 0.6) is 0 Å². The van der Waals surface area contributed by atoms with E-state index < -0.39 is 7.14 Å². The van der Waals surface area contributed by atoms with E-state index in [1.54, 1.807) is 0 Å². The maximum atomic E-state index is 15.2. The molecule has 1 unspecified atom stereocenters. The molecule has 0 N–H and O–H groups in total. The van der Waals surface area contributed by atoms with E-state index in [1.165, 1.54) is 11.1 Å². The van der Waals surface area contributed by atoms with Gasteiger partial charge in [0.2, 0.25) is 0 Å². The molecule has 4 aromatic carbocycles. The van der Waals surface area contributed by atoms with Crippen LogP contribution < -0.4 is 10.6 Å². The summed E-state index contributed by atoms with van der Waals surface area (Å²) in [6.07, 6.45) is 1.97. The third-order valence-corrected chi connectivity index (χ3v) is 10.0. The van der Waals surface area contributed by atoms with Crippen LogP contribution in [0.15, 0.2) is 121 Å². The van der Waals surface area contributed by atoms with E-state index in [4.69, 9.17) is 0 Å². The van der Waals surface area contributed by atoms with E-state index in [9.17, 15) is 0 Å². The number of hydrogen-bond acceptors (Lipinski definition) is 2. The quantitative estimate of drug-likeness (QED) is 0.334. The first-order valence-electron chi connectivity index (χ1n) is 11.3. The SMILES string of the molecule is O=P(c1ccccc1)(c1ccccc1)C1CCCN1C(c1ccccc1)c1ccccc1. The van der Waals surface area contributed by atoms with Crippen molar-refractivity contribution in [2.75, 3.05) is 6.54 Å². The van der Waals surface area contributed by atoms with Gasteiger partial charge in [0.25, 0.3) is 0 Å². The molecule has 0 radical (unpaired) electrons. The van der Waals surface area contributed by atoms with Crippen molar-refractivity contribution in [3.05, 3.63) is 132 Å². The average Bonchev–Trinajstić information content (AvgIpc) is 3.36. The smallest absolute Gasteiger partial charge is 0.159 e. The molecule has 0 bridgehead atoms. The molecule has 1 heterocycles. The summed E-state index contributed by atoms with van der Waals surface area (Å²) < 4.78 is 15.2. The maximum absolute atomic E-state index is 15.2. The molecule has 1 aliphatic heterocycles. The minimum absolute atomic E-state index is 0.0438. The first kappa shape index (κ1) is 20.9. The van der Waals surface area contributed by atoms with Crippen molar-refractivity contribution in [1.82, 2.24) is 4.90 Å². The molecule has 0 saturated carbocycles. The average molecular weight is 438 g/mol. The van der Waals surface area contributed by atoms with Gasteiger partial charge in [0, 0.05) is 10.6 Å². The van der Waals surface area contributed by atoms with Crippen molar-refractivity contribution in [3.8, 4) is 0 Å². The number of benzene rings is 4. The fourth-order valence-electron chi connectivity index (χ4n) is 5.10. The molecule has 5 rings (SSSR count). The summed E-state index contributed by atoms with van der Waals surface area (Å²) in [4.78, 5) is 2.51. The second-order valence-corrected chi connectivity index (χ2v) is 11.4. The number of nitrogens with zero attached hydrogens (tertiary/aromatic N) is 1. The van der Waals surface area contributed by atoms with Crippen LogP contribution in [-0.2, 0) is 4.57 Å². The van der Waals surface area contributed by atoms with Crippen molar-refractivity contribution >= 4 is 17.8 Å². The summed E-state index contributed by atoms with van der Waals surface area (Å²) in [5, 5.41) is 1.89. The van der Waals surface area contributed by atoms with Crippen molar-refractivity contribution < 1.29 is 4.57 Å². The number of hydrogen-bond donors (Lipinski definition) is 0. The Bertz CT molecular complexity index is 1100. The molecular formula is C29H28NOP. The standard InChI is InChI=1S/C29H28NOP/c31-32(26-18-9-3-10-19-26,27-20-11-4-12-21-27)28-22-13-23-30(28)29(24-14-5-1-6-15-24)25-16-7-2-8-17-25/h1-12,14-21,28-29H,13,22-23H2. The molecule has 0 spiro atoms. The van der Waals surface area contributed by atoms with Gasteiger partial charge in [0.1, 0.15) is 0 Å². The van der Waals surface area contributed by atoms with Crippen LogP contribution in [0.2, 0.25) is 0 Å². The first-order valence-corrected chi connectivity index (χ1v) is 13.1. The minimum Gasteiger partial charge on any atom is -0.312 e. The molecule has 3 heteroatoms. The van der Waals surface area contributed by atoms with Gasteiger partial charge in [0.05, 0.1) is 11.8 Å². The molecule has 0 aromatic heterocycles. The zero-order chi connectivity index (χ0) is 21.8. The van der Waals surface area contributed by atoms with Gasteiger partial charge >= 0.3 is 0 Å². The van der Waals surface area contributed by atoms with Gasteiger partial charge in [-0.15, -0.1) is 0 Å². The second-order valence-electron chi connectivity index (χ2n) is 8.41. The Morgan fingerprint density at radius 2 is 1.03 bits per heavy atom. The third kappa shape index (κ3) is 3.86. The Hall–Kier alpha value is -2.93. The molecule has 1 fully saturated rings. The van der Waals surface area contributed by atoms with Crippen LogP contribution in [0.4, 0.5) is 0 Å². The van der Waals surface area contributed by atoms with Crippen LogP contribution in [0.1, 0.15) is 30.0 Å². The highest BCUT2D eigenvalue weighted by Gasteiger charge is 2.45. The van der Waals surface area contributed by atoms with Crippen molar-refractivity contribution in [2.24, 2.45) is 0 Å². The Balaban J connectivity index is 1.66. The highest BCUT2D eigenvalue weighted by atomic mass is 31.2. The van der Waals surface area contributed by atoms with E-state index in [2.05, 4.69) is 65.6 Å². The fourth-order valence-corrected chi connectivity index (χ4v) is 8.53. The monoisotopic (exact) mass is 437 g/mol. The summed E-state index contributed by atoms with van der Waals surface area (Å²) >= 11 is 0. The number of likely N-dealkylation sites (tertiary alicyclic amines) is 1. The molecule has 160 valence electrons. The molecule has 1 aliphatic rings. The minimum atomic E-state index is -2.90. The molecular weight excluding hydrogens is 409 g/mol. The predicted molar refractivity (Wildman–Crippen MR) is 134 cm³/mol. The predicted octanol–water partition coefficient (Wildman–Crippen LogP) is 6.21. The summed E-state index contributed by atoms with van der Waals surface area (Å²) in [6, 6.07) is 41.6. The van der Waals surface area contributed by atoms with Crippen LogP contribution >= 0.6 is 7.14 Å². The van der Waals surface area contributed by atoms with Gasteiger partial charge < -0.3 is 4.57 Å². The first-order chi connectivity index (χ1) is 15.8. The van der Waals surface area contributed by atoms with E-state index in [1.807, 2.05) is 60.7 Å². The van der Waals surface area contributed by atoms with Crippen LogP contribution in [0.25, 0.3) is 0 Å². The largest absolute Gasteiger partial charge is 0.312 e. The third-order valence-electron chi connectivity index (χ3n) is 6.52. The van der Waals surface area contributed by atoms with Gasteiger partial charge in [-0.2, -0.15) is 0 Å². The summed E-state index contributed by atoms with van der Waals surface area (Å²) in [6.45, 7) is 0.933. The fraction of sp³-hybridized carbons (Fsp3) is 0.172. The normalized spacial score (nSPS) is 17.0. The zero-order valence-corrected chi connectivity index (χ0v) is 19.0. The summed E-state index contributed by atoms with van der Waals surface area (Å²) in [7, 11) is -2.90. The number of rotatable bonds is 6. The highest BCUT2D eigenvalue weighted by Crippen LogP contribution is 2.56. The van der Waals surface area contributed by atoms with Crippen molar-refractivity contribution in [3.63, 3.8) is 0 Å². The van der Waals surface area contributed by atoms with Gasteiger partial charge in [-0.25, -0.2) is 0 Å². The molecule has 0 amide bonds. The zero-order valence-electron chi connectivity index (χ0n) is 18.1. The highest BCUT2D eigenvalue weighted by molar-refractivity contribution is 7.79. The van der Waals surface area contributed by atoms with E-state index >= 15 is 4.57 Å². The van der Waals surface area contributed by atoms with Crippen molar-refractivity contribution in [2.45, 2.75) is 24.7 Å². The molecule has 4 aromatic rings. The van der Waals surface area contributed by atoms with Crippen LogP contribution in [-0.4, -0.2) is 17.2 Å². The lowest BCUT2D eigenvalue weighted by Gasteiger charge is -2.38. The molecule has 2 nitrogen and oxygen atoms in total. The van der Waals surface area contributed by atoms with Gasteiger partial charge in [-0.3, -0.25) is 4.90 Å². The topological polar surface area (TPSA) is 20.3 Å². The van der Waals surface area contributed by atoms with E-state index in [-0.39, 0.29) is 11.8 Å². The summed E-state index contributed by atoms with van der Waals surface area (Å²) in [5.74, 6) is -0.0438. The lowest BCUT2D eigenvalue weighted by molar-refractivity contribution is 0.254. The lowest BCUT2D eigenvalue weighted by atomic mass is 9.97.